The summed E-state index contributed by atoms with van der Waals surface area (Å²) < 4.78 is 5.68. The number of aromatic nitrogens is 1. The van der Waals surface area contributed by atoms with Gasteiger partial charge in [0.25, 0.3) is 0 Å². The van der Waals surface area contributed by atoms with Gasteiger partial charge in [-0.25, -0.2) is 4.79 Å². The predicted octanol–water partition coefficient (Wildman–Crippen LogP) is 4.58. The topological polar surface area (TPSA) is 150 Å². The molecule has 0 aliphatic heterocycles. The Balaban J connectivity index is 1.52. The number of carboxylic acids is 1. The number of carboxylic acid groups (broad SMARTS) is 1. The van der Waals surface area contributed by atoms with E-state index in [-0.39, 0.29) is 31.2 Å². The minimum Gasteiger partial charge on any atom is -0.481 e. The van der Waals surface area contributed by atoms with E-state index in [1.165, 1.54) is 0 Å². The fourth-order valence-corrected chi connectivity index (χ4v) is 5.56. The van der Waals surface area contributed by atoms with Gasteiger partial charge in [0.05, 0.1) is 17.8 Å². The van der Waals surface area contributed by atoms with Crippen molar-refractivity contribution in [1.29, 1.82) is 0 Å². The molecular weight excluding hydrogens is 560 g/mol. The molecule has 4 atom stereocenters. The number of nitrogens with one attached hydrogen (secondary N) is 4. The van der Waals surface area contributed by atoms with E-state index in [2.05, 4.69) is 20.9 Å². The summed E-state index contributed by atoms with van der Waals surface area (Å²) in [4.78, 5) is 53.6. The lowest BCUT2D eigenvalue weighted by molar-refractivity contribution is -0.138. The minimum absolute atomic E-state index is 0.00817. The van der Waals surface area contributed by atoms with Gasteiger partial charge in [-0.05, 0) is 43.4 Å². The van der Waals surface area contributed by atoms with Gasteiger partial charge in [0.2, 0.25) is 11.8 Å². The Labute approximate surface area is 249 Å². The standard InChI is InChI=1S/C31H37ClN4O6/c1-31(17-21-18-33-24-13-7-5-11-22(21)24,36-30(41)42-26-14-8-6-12-23(26)32)29(40)34-19-25(20-9-3-2-4-10-20)35-27(37)15-16-28(38)39/h2-5,7,9-11,13,18,23,25-26,33H,6,8,12,14-17,19H2,1H3,(H,34,40)(H,35,37)(H,36,41)(H,38,39). The van der Waals surface area contributed by atoms with E-state index in [0.717, 1.165) is 41.3 Å². The number of amides is 3. The van der Waals surface area contributed by atoms with E-state index in [1.807, 2.05) is 60.8 Å². The van der Waals surface area contributed by atoms with E-state index in [9.17, 15) is 19.2 Å². The van der Waals surface area contributed by atoms with Crippen molar-refractivity contribution in [3.63, 3.8) is 0 Å². The first-order chi connectivity index (χ1) is 20.1. The number of para-hydroxylation sites is 1. The molecule has 10 nitrogen and oxygen atoms in total. The highest BCUT2D eigenvalue weighted by Gasteiger charge is 2.38. The van der Waals surface area contributed by atoms with Crippen LogP contribution in [0.3, 0.4) is 0 Å². The van der Waals surface area contributed by atoms with Crippen LogP contribution in [-0.4, -0.2) is 57.5 Å². The quantitative estimate of drug-likeness (QED) is 0.193. The normalized spacial score (nSPS) is 18.8. The maximum absolute atomic E-state index is 13.8. The van der Waals surface area contributed by atoms with Gasteiger partial charge in [0.1, 0.15) is 11.6 Å². The summed E-state index contributed by atoms with van der Waals surface area (Å²) in [6.07, 6.45) is 3.61. The summed E-state index contributed by atoms with van der Waals surface area (Å²) >= 11 is 6.41. The highest BCUT2D eigenvalue weighted by Crippen LogP contribution is 2.27. The lowest BCUT2D eigenvalue weighted by Crippen LogP contribution is -2.59. The Morgan fingerprint density at radius 2 is 1.76 bits per heavy atom. The van der Waals surface area contributed by atoms with Crippen LogP contribution in [0, 0.1) is 0 Å². The summed E-state index contributed by atoms with van der Waals surface area (Å²) in [5, 5.41) is 18.1. The highest BCUT2D eigenvalue weighted by atomic mass is 35.5. The Morgan fingerprint density at radius 3 is 2.50 bits per heavy atom. The van der Waals surface area contributed by atoms with Crippen molar-refractivity contribution in [2.24, 2.45) is 0 Å². The summed E-state index contributed by atoms with van der Waals surface area (Å²) in [5.74, 6) is -2.00. The summed E-state index contributed by atoms with van der Waals surface area (Å²) in [6.45, 7) is 1.64. The van der Waals surface area contributed by atoms with Gasteiger partial charge in [-0.1, -0.05) is 55.0 Å². The number of halogens is 1. The molecule has 1 aromatic heterocycles. The molecule has 4 rings (SSSR count). The molecule has 1 heterocycles. The van der Waals surface area contributed by atoms with Crippen LogP contribution >= 0.6 is 11.6 Å². The third-order valence-electron chi connectivity index (χ3n) is 7.55. The molecule has 4 unspecified atom stereocenters. The van der Waals surface area contributed by atoms with Crippen molar-refractivity contribution in [1.82, 2.24) is 20.9 Å². The number of alkyl carbamates (subject to hydrolysis) is 1. The maximum Gasteiger partial charge on any atom is 0.408 e. The Bertz CT molecular complexity index is 1400. The number of carbonyl (C=O) groups is 4. The number of aliphatic carboxylic acids is 1. The molecule has 0 radical (unpaired) electrons. The third kappa shape index (κ3) is 8.25. The van der Waals surface area contributed by atoms with Crippen LogP contribution < -0.4 is 16.0 Å². The van der Waals surface area contributed by atoms with Crippen LogP contribution in [0.5, 0.6) is 0 Å². The van der Waals surface area contributed by atoms with Crippen LogP contribution in [0.15, 0.2) is 60.8 Å². The predicted molar refractivity (Wildman–Crippen MR) is 159 cm³/mol. The van der Waals surface area contributed by atoms with Crippen molar-refractivity contribution >= 4 is 46.4 Å². The fourth-order valence-electron chi connectivity index (χ4n) is 5.23. The van der Waals surface area contributed by atoms with Gasteiger partial charge in [-0.3, -0.25) is 14.4 Å². The van der Waals surface area contributed by atoms with Crippen LogP contribution in [0.2, 0.25) is 0 Å². The van der Waals surface area contributed by atoms with E-state index in [0.29, 0.717) is 6.42 Å². The average Bonchev–Trinajstić information content (AvgIpc) is 3.37. The van der Waals surface area contributed by atoms with E-state index in [4.69, 9.17) is 21.4 Å². The lowest BCUT2D eigenvalue weighted by atomic mass is 9.91. The van der Waals surface area contributed by atoms with Crippen LogP contribution in [-0.2, 0) is 25.5 Å². The van der Waals surface area contributed by atoms with Crippen molar-refractivity contribution < 1.29 is 29.0 Å². The van der Waals surface area contributed by atoms with Gasteiger partial charge in [-0.2, -0.15) is 0 Å². The number of benzene rings is 2. The number of hydrogen-bond donors (Lipinski definition) is 5. The first kappa shape index (κ1) is 30.9. The number of carbonyl (C=O) groups excluding carboxylic acids is 3. The van der Waals surface area contributed by atoms with Gasteiger partial charge < -0.3 is 30.8 Å². The van der Waals surface area contributed by atoms with Crippen molar-refractivity contribution in [2.45, 2.75) is 74.9 Å². The molecule has 0 saturated heterocycles. The minimum atomic E-state index is -1.42. The van der Waals surface area contributed by atoms with Crippen molar-refractivity contribution in [2.75, 3.05) is 6.54 Å². The molecule has 224 valence electrons. The van der Waals surface area contributed by atoms with Crippen molar-refractivity contribution in [3.05, 3.63) is 71.9 Å². The zero-order valence-corrected chi connectivity index (χ0v) is 24.3. The summed E-state index contributed by atoms with van der Waals surface area (Å²) in [6, 6.07) is 16.1. The number of fused-ring (bicyclic) bond motifs is 1. The number of ether oxygens (including phenoxy) is 1. The van der Waals surface area contributed by atoms with Crippen LogP contribution in [0.1, 0.15) is 62.6 Å². The van der Waals surface area contributed by atoms with Gasteiger partial charge in [0, 0.05) is 36.5 Å². The highest BCUT2D eigenvalue weighted by molar-refractivity contribution is 6.21. The van der Waals surface area contributed by atoms with E-state index in [1.54, 1.807) is 6.92 Å². The molecule has 3 amide bonds. The molecule has 1 fully saturated rings. The Morgan fingerprint density at radius 1 is 1.05 bits per heavy atom. The maximum atomic E-state index is 13.8. The molecule has 3 aromatic rings. The molecule has 0 bridgehead atoms. The first-order valence-electron chi connectivity index (χ1n) is 14.2. The molecule has 42 heavy (non-hydrogen) atoms. The zero-order valence-electron chi connectivity index (χ0n) is 23.5. The molecule has 5 N–H and O–H groups in total. The zero-order chi connectivity index (χ0) is 30.1. The molecule has 11 heteroatoms. The molecule has 1 aliphatic rings. The molecule has 1 aliphatic carbocycles. The smallest absolute Gasteiger partial charge is 0.408 e. The number of H-pyrrole nitrogens is 1. The lowest BCUT2D eigenvalue weighted by Gasteiger charge is -2.32. The second-order valence-electron chi connectivity index (χ2n) is 10.9. The number of aromatic amines is 1. The monoisotopic (exact) mass is 596 g/mol. The van der Waals surface area contributed by atoms with Gasteiger partial charge >= 0.3 is 12.1 Å². The molecule has 1 saturated carbocycles. The first-order valence-corrected chi connectivity index (χ1v) is 14.6. The molecular formula is C31H37ClN4O6. The average molecular weight is 597 g/mol. The Kier molecular flexibility index (Phi) is 10.5. The van der Waals surface area contributed by atoms with Crippen LogP contribution in [0.25, 0.3) is 10.9 Å². The number of alkyl halides is 1. The van der Waals surface area contributed by atoms with Gasteiger partial charge in [0.15, 0.2) is 0 Å². The molecule has 0 spiro atoms. The molecule has 2 aromatic carbocycles. The van der Waals surface area contributed by atoms with E-state index < -0.39 is 41.6 Å². The third-order valence-corrected chi connectivity index (χ3v) is 8.05. The largest absolute Gasteiger partial charge is 0.481 e. The number of hydrogen-bond acceptors (Lipinski definition) is 5. The number of rotatable bonds is 12. The van der Waals surface area contributed by atoms with Crippen molar-refractivity contribution in [3.8, 4) is 0 Å². The fraction of sp³-hybridized carbons (Fsp3) is 0.419. The van der Waals surface area contributed by atoms with Gasteiger partial charge in [-0.15, -0.1) is 11.6 Å². The Hall–Kier alpha value is -4.05. The second-order valence-corrected chi connectivity index (χ2v) is 11.4. The summed E-state index contributed by atoms with van der Waals surface area (Å²) in [7, 11) is 0. The van der Waals surface area contributed by atoms with E-state index >= 15 is 0 Å². The van der Waals surface area contributed by atoms with Crippen LogP contribution in [0.4, 0.5) is 4.79 Å². The summed E-state index contributed by atoms with van der Waals surface area (Å²) in [5.41, 5.74) is 1.04. The second kappa shape index (κ2) is 14.2. The SMILES string of the molecule is CC(Cc1c[nH]c2ccccc12)(NC(=O)OC1CCCCC1Cl)C(=O)NCC(NC(=O)CCC(=O)O)c1ccccc1.